The van der Waals surface area contributed by atoms with Crippen molar-refractivity contribution in [3.8, 4) is 0 Å². The lowest BCUT2D eigenvalue weighted by molar-refractivity contribution is 0.0286. The number of hydrogen-bond acceptors (Lipinski definition) is 2. The Morgan fingerprint density at radius 1 is 0.880 bits per heavy atom. The Morgan fingerprint density at radius 2 is 1.68 bits per heavy atom. The maximum Gasteiger partial charge on any atom is 0.101 e. The van der Waals surface area contributed by atoms with Crippen LogP contribution < -0.4 is 0 Å². The molecular weight excluding hydrogens is 308 g/mol. The molecule has 1 heterocycles. The summed E-state index contributed by atoms with van der Waals surface area (Å²) in [6.45, 7) is 1.32. The van der Waals surface area contributed by atoms with Crippen LogP contribution in [-0.4, -0.2) is 9.55 Å². The smallest absolute Gasteiger partial charge is 0.101 e. The van der Waals surface area contributed by atoms with Gasteiger partial charge in [0, 0.05) is 12.4 Å². The molecule has 1 unspecified atom stereocenters. The van der Waals surface area contributed by atoms with E-state index in [4.69, 9.17) is 4.74 Å². The van der Waals surface area contributed by atoms with Gasteiger partial charge in [-0.1, -0.05) is 72.8 Å². The third-order valence-corrected chi connectivity index (χ3v) is 4.43. The highest BCUT2D eigenvalue weighted by Crippen LogP contribution is 2.24. The summed E-state index contributed by atoms with van der Waals surface area (Å²) in [6, 6.07) is 25.2. The number of aromatic nitrogens is 2. The van der Waals surface area contributed by atoms with Crippen molar-refractivity contribution in [2.75, 3.05) is 0 Å². The maximum atomic E-state index is 6.35. The number of imidazole rings is 1. The van der Waals surface area contributed by atoms with Gasteiger partial charge in [-0.2, -0.15) is 0 Å². The molecule has 124 valence electrons. The molecule has 0 aliphatic carbocycles. The monoisotopic (exact) mass is 328 g/mol. The predicted octanol–water partition coefficient (Wildman–Crippen LogP) is 4.99. The molecule has 25 heavy (non-hydrogen) atoms. The van der Waals surface area contributed by atoms with Crippen LogP contribution in [0.4, 0.5) is 0 Å². The van der Waals surface area contributed by atoms with Crippen LogP contribution in [0, 0.1) is 0 Å². The first-order valence-electron chi connectivity index (χ1n) is 8.49. The van der Waals surface area contributed by atoms with Crippen LogP contribution in [0.3, 0.4) is 0 Å². The van der Waals surface area contributed by atoms with Gasteiger partial charge in [-0.25, -0.2) is 4.98 Å². The number of fused-ring (bicyclic) bond motifs is 1. The van der Waals surface area contributed by atoms with Gasteiger partial charge in [0.15, 0.2) is 0 Å². The quantitative estimate of drug-likeness (QED) is 0.498. The highest BCUT2D eigenvalue weighted by atomic mass is 16.5. The van der Waals surface area contributed by atoms with Crippen LogP contribution in [0.5, 0.6) is 0 Å². The first kappa shape index (κ1) is 15.6. The lowest BCUT2D eigenvalue weighted by Crippen LogP contribution is -2.12. The summed E-state index contributed by atoms with van der Waals surface area (Å²) in [5.74, 6) is 0. The van der Waals surface area contributed by atoms with E-state index in [2.05, 4.69) is 76.3 Å². The number of nitrogens with zero attached hydrogens (tertiary/aromatic N) is 2. The van der Waals surface area contributed by atoms with E-state index in [1.165, 1.54) is 21.9 Å². The summed E-state index contributed by atoms with van der Waals surface area (Å²) in [6.07, 6.45) is 5.58. The summed E-state index contributed by atoms with van der Waals surface area (Å²) in [5, 5.41) is 2.49. The van der Waals surface area contributed by atoms with Crippen LogP contribution in [0.2, 0.25) is 0 Å². The lowest BCUT2D eigenvalue weighted by atomic mass is 10.0. The van der Waals surface area contributed by atoms with Crippen molar-refractivity contribution >= 4 is 10.8 Å². The molecule has 0 spiro atoms. The third-order valence-electron chi connectivity index (χ3n) is 4.43. The van der Waals surface area contributed by atoms with E-state index < -0.39 is 0 Å². The summed E-state index contributed by atoms with van der Waals surface area (Å²) in [7, 11) is 0. The minimum atomic E-state index is -0.0191. The van der Waals surface area contributed by atoms with Crippen LogP contribution in [-0.2, 0) is 17.9 Å². The van der Waals surface area contributed by atoms with Gasteiger partial charge < -0.3 is 9.30 Å². The van der Waals surface area contributed by atoms with Crippen molar-refractivity contribution in [3.05, 3.63) is 103 Å². The first-order valence-corrected chi connectivity index (χ1v) is 8.49. The van der Waals surface area contributed by atoms with E-state index in [-0.39, 0.29) is 6.10 Å². The molecule has 0 N–H and O–H groups in total. The Morgan fingerprint density at radius 3 is 2.52 bits per heavy atom. The Bertz CT molecular complexity index is 927. The zero-order valence-electron chi connectivity index (χ0n) is 14.0. The molecule has 3 aromatic carbocycles. The van der Waals surface area contributed by atoms with Crippen molar-refractivity contribution in [1.29, 1.82) is 0 Å². The van der Waals surface area contributed by atoms with Gasteiger partial charge in [-0.15, -0.1) is 0 Å². The van der Waals surface area contributed by atoms with Crippen molar-refractivity contribution < 1.29 is 4.74 Å². The fraction of sp³-hybridized carbons (Fsp3) is 0.136. The van der Waals surface area contributed by atoms with E-state index >= 15 is 0 Å². The van der Waals surface area contributed by atoms with Gasteiger partial charge in [0.05, 0.1) is 19.5 Å². The van der Waals surface area contributed by atoms with Gasteiger partial charge >= 0.3 is 0 Å². The minimum Gasteiger partial charge on any atom is -0.367 e. The normalized spacial score (nSPS) is 12.3. The molecule has 0 amide bonds. The average molecular weight is 328 g/mol. The van der Waals surface area contributed by atoms with Crippen molar-refractivity contribution in [3.63, 3.8) is 0 Å². The van der Waals surface area contributed by atoms with E-state index in [1.54, 1.807) is 6.20 Å². The molecule has 0 aliphatic heterocycles. The molecule has 0 saturated heterocycles. The summed E-state index contributed by atoms with van der Waals surface area (Å²) >= 11 is 0. The molecule has 1 atom stereocenters. The fourth-order valence-electron chi connectivity index (χ4n) is 3.12. The molecule has 3 heteroatoms. The zero-order valence-corrected chi connectivity index (χ0v) is 14.0. The largest absolute Gasteiger partial charge is 0.367 e. The van der Waals surface area contributed by atoms with Crippen LogP contribution in [0.1, 0.15) is 17.2 Å². The summed E-state index contributed by atoms with van der Waals surface area (Å²) in [4.78, 5) is 4.14. The first-order chi connectivity index (χ1) is 12.4. The standard InChI is InChI=1S/C22H20N2O/c1-2-8-19(9-3-1)22(15-24-14-13-23-17-24)25-16-20-11-6-10-18-7-4-5-12-21(18)20/h1-14,17,22H,15-16H2. The van der Waals surface area contributed by atoms with Crippen molar-refractivity contribution in [1.82, 2.24) is 9.55 Å². The number of hydrogen-bond donors (Lipinski definition) is 0. The van der Waals surface area contributed by atoms with E-state index in [0.29, 0.717) is 6.61 Å². The van der Waals surface area contributed by atoms with Crippen LogP contribution in [0.25, 0.3) is 10.8 Å². The van der Waals surface area contributed by atoms with Crippen molar-refractivity contribution in [2.24, 2.45) is 0 Å². The molecule has 0 bridgehead atoms. The van der Waals surface area contributed by atoms with Crippen LogP contribution in [0.15, 0.2) is 91.5 Å². The zero-order chi connectivity index (χ0) is 16.9. The second-order valence-electron chi connectivity index (χ2n) is 6.11. The average Bonchev–Trinajstić information content (AvgIpc) is 3.19. The van der Waals surface area contributed by atoms with Crippen LogP contribution >= 0.6 is 0 Å². The topological polar surface area (TPSA) is 27.1 Å². The lowest BCUT2D eigenvalue weighted by Gasteiger charge is -2.19. The minimum absolute atomic E-state index is 0.0191. The van der Waals surface area contributed by atoms with Crippen molar-refractivity contribution in [2.45, 2.75) is 19.3 Å². The summed E-state index contributed by atoms with van der Waals surface area (Å²) in [5.41, 5.74) is 2.39. The second-order valence-corrected chi connectivity index (χ2v) is 6.11. The van der Waals surface area contributed by atoms with E-state index in [0.717, 1.165) is 6.54 Å². The number of rotatable bonds is 6. The molecule has 0 radical (unpaired) electrons. The number of benzene rings is 3. The summed E-state index contributed by atoms with van der Waals surface area (Å²) < 4.78 is 8.40. The molecule has 4 aromatic rings. The highest BCUT2D eigenvalue weighted by Gasteiger charge is 2.13. The molecule has 3 nitrogen and oxygen atoms in total. The van der Waals surface area contributed by atoms with Gasteiger partial charge in [0.25, 0.3) is 0 Å². The molecule has 0 saturated carbocycles. The van der Waals surface area contributed by atoms with Gasteiger partial charge in [-0.05, 0) is 21.9 Å². The Balaban J connectivity index is 1.58. The highest BCUT2D eigenvalue weighted by molar-refractivity contribution is 5.85. The second kappa shape index (κ2) is 7.32. The van der Waals surface area contributed by atoms with Gasteiger partial charge in [0.2, 0.25) is 0 Å². The molecule has 1 aromatic heterocycles. The Labute approximate surface area is 147 Å². The fourth-order valence-corrected chi connectivity index (χ4v) is 3.12. The SMILES string of the molecule is c1ccc(C(Cn2ccnc2)OCc2cccc3ccccc23)cc1. The Hall–Kier alpha value is -2.91. The predicted molar refractivity (Wildman–Crippen MR) is 100 cm³/mol. The van der Waals surface area contributed by atoms with Gasteiger partial charge in [-0.3, -0.25) is 0 Å². The molecule has 4 rings (SSSR count). The maximum absolute atomic E-state index is 6.35. The number of ether oxygens (including phenoxy) is 1. The molecular formula is C22H20N2O. The molecule has 0 aliphatic rings. The van der Waals surface area contributed by atoms with E-state index in [1.807, 2.05) is 18.6 Å². The molecule has 0 fully saturated rings. The van der Waals surface area contributed by atoms with E-state index in [9.17, 15) is 0 Å². The Kier molecular flexibility index (Phi) is 4.57. The third kappa shape index (κ3) is 3.62. The van der Waals surface area contributed by atoms with Gasteiger partial charge in [0.1, 0.15) is 6.10 Å².